The molecule has 2 aromatic rings. The van der Waals surface area contributed by atoms with Crippen LogP contribution in [-0.4, -0.2) is 15.0 Å². The summed E-state index contributed by atoms with van der Waals surface area (Å²) in [6, 6.07) is 12.1. The molecule has 118 valence electrons. The van der Waals surface area contributed by atoms with Crippen LogP contribution in [-0.2, 0) is 10.0 Å². The van der Waals surface area contributed by atoms with Crippen molar-refractivity contribution < 1.29 is 13.2 Å². The molecule has 0 saturated carbocycles. The zero-order valence-corrected chi connectivity index (χ0v) is 13.9. The fourth-order valence-electron chi connectivity index (χ4n) is 1.97. The smallest absolute Gasteiger partial charge is 0.262 e. The van der Waals surface area contributed by atoms with E-state index in [1.54, 1.807) is 30.3 Å². The van der Waals surface area contributed by atoms with Gasteiger partial charge in [-0.2, -0.15) is 0 Å². The van der Waals surface area contributed by atoms with Crippen LogP contribution >= 0.6 is 0 Å². The number of sulfonamides is 1. The summed E-state index contributed by atoms with van der Waals surface area (Å²) in [5.41, 5.74) is 2.46. The zero-order valence-electron chi connectivity index (χ0n) is 13.1. The fourth-order valence-corrected chi connectivity index (χ4v) is 3.13. The molecule has 2 rings (SSSR count). The standard InChI is InChI=1S/C17H21NO3S/c1-4-11-21-17-8-6-5-7-16(17)18-22(19,20)15-10-9-13(2)14(3)12-15/h5-10,12,18H,4,11H2,1-3H3. The molecule has 0 saturated heterocycles. The Morgan fingerprint density at radius 3 is 2.45 bits per heavy atom. The van der Waals surface area contributed by atoms with Gasteiger partial charge < -0.3 is 4.74 Å². The number of aryl methyl sites for hydroxylation is 2. The minimum atomic E-state index is -3.63. The van der Waals surface area contributed by atoms with Gasteiger partial charge in [-0.15, -0.1) is 0 Å². The minimum absolute atomic E-state index is 0.251. The predicted molar refractivity (Wildman–Crippen MR) is 89.0 cm³/mol. The molecule has 0 aliphatic heterocycles. The van der Waals surface area contributed by atoms with Gasteiger partial charge in [0.15, 0.2) is 0 Å². The number of ether oxygens (including phenoxy) is 1. The van der Waals surface area contributed by atoms with E-state index in [2.05, 4.69) is 4.72 Å². The Hall–Kier alpha value is -2.01. The molecule has 0 atom stereocenters. The van der Waals surface area contributed by atoms with E-state index in [0.717, 1.165) is 17.5 Å². The summed E-state index contributed by atoms with van der Waals surface area (Å²) in [5.74, 6) is 0.539. The molecule has 0 aliphatic carbocycles. The lowest BCUT2D eigenvalue weighted by Crippen LogP contribution is -2.14. The molecule has 2 aromatic carbocycles. The van der Waals surface area contributed by atoms with E-state index in [9.17, 15) is 8.42 Å². The first kappa shape index (κ1) is 16.4. The molecule has 5 heteroatoms. The molecule has 4 nitrogen and oxygen atoms in total. The first-order valence-corrected chi connectivity index (χ1v) is 8.74. The highest BCUT2D eigenvalue weighted by Crippen LogP contribution is 2.27. The molecule has 0 bridgehead atoms. The molecule has 0 aliphatic rings. The second-order valence-corrected chi connectivity index (χ2v) is 6.88. The van der Waals surface area contributed by atoms with Crippen LogP contribution in [0.4, 0.5) is 5.69 Å². The summed E-state index contributed by atoms with van der Waals surface area (Å²) in [5, 5.41) is 0. The van der Waals surface area contributed by atoms with Crippen molar-refractivity contribution in [1.82, 2.24) is 0 Å². The third-order valence-electron chi connectivity index (χ3n) is 3.38. The second kappa shape index (κ2) is 6.83. The summed E-state index contributed by atoms with van der Waals surface area (Å²) in [7, 11) is -3.63. The molecule has 0 heterocycles. The molecule has 0 aromatic heterocycles. The van der Waals surface area contributed by atoms with Crippen molar-refractivity contribution >= 4 is 15.7 Å². The van der Waals surface area contributed by atoms with Crippen molar-refractivity contribution in [2.45, 2.75) is 32.1 Å². The summed E-state index contributed by atoms with van der Waals surface area (Å²) >= 11 is 0. The van der Waals surface area contributed by atoms with E-state index < -0.39 is 10.0 Å². The predicted octanol–water partition coefficient (Wildman–Crippen LogP) is 3.89. The Kier molecular flexibility index (Phi) is 5.08. The zero-order chi connectivity index (χ0) is 16.2. The van der Waals surface area contributed by atoms with Gasteiger partial charge in [0, 0.05) is 0 Å². The van der Waals surface area contributed by atoms with Gasteiger partial charge in [-0.3, -0.25) is 4.72 Å². The van der Waals surface area contributed by atoms with Crippen molar-refractivity contribution in [3.8, 4) is 5.75 Å². The molecule has 0 amide bonds. The van der Waals surface area contributed by atoms with Gasteiger partial charge in [0.2, 0.25) is 0 Å². The first-order chi connectivity index (χ1) is 10.4. The number of nitrogens with one attached hydrogen (secondary N) is 1. The van der Waals surface area contributed by atoms with Gasteiger partial charge >= 0.3 is 0 Å². The van der Waals surface area contributed by atoms with Gasteiger partial charge in [0.05, 0.1) is 17.2 Å². The lowest BCUT2D eigenvalue weighted by Gasteiger charge is -2.13. The van der Waals surface area contributed by atoms with Crippen LogP contribution < -0.4 is 9.46 Å². The monoisotopic (exact) mass is 319 g/mol. The Labute approximate surface area is 132 Å². The highest BCUT2D eigenvalue weighted by molar-refractivity contribution is 7.92. The maximum Gasteiger partial charge on any atom is 0.262 e. The summed E-state index contributed by atoms with van der Waals surface area (Å²) in [6.45, 7) is 6.39. The van der Waals surface area contributed by atoms with Crippen LogP contribution in [0, 0.1) is 13.8 Å². The number of rotatable bonds is 6. The summed E-state index contributed by atoms with van der Waals surface area (Å²) in [6.07, 6.45) is 0.859. The van der Waals surface area contributed by atoms with Crippen LogP contribution in [0.15, 0.2) is 47.4 Å². The molecular formula is C17H21NO3S. The maximum atomic E-state index is 12.5. The molecule has 22 heavy (non-hydrogen) atoms. The second-order valence-electron chi connectivity index (χ2n) is 5.20. The number of benzene rings is 2. The topological polar surface area (TPSA) is 55.4 Å². The highest BCUT2D eigenvalue weighted by atomic mass is 32.2. The normalized spacial score (nSPS) is 11.2. The third kappa shape index (κ3) is 3.80. The number of hydrogen-bond acceptors (Lipinski definition) is 3. The average Bonchev–Trinajstić information content (AvgIpc) is 2.48. The van der Waals surface area contributed by atoms with Crippen molar-refractivity contribution in [2.75, 3.05) is 11.3 Å². The number of anilines is 1. The molecule has 0 unspecified atom stereocenters. The largest absolute Gasteiger partial charge is 0.491 e. The number of para-hydroxylation sites is 2. The van der Waals surface area contributed by atoms with E-state index in [-0.39, 0.29) is 4.90 Å². The molecule has 0 radical (unpaired) electrons. The molecule has 0 fully saturated rings. The van der Waals surface area contributed by atoms with Gasteiger partial charge in [-0.1, -0.05) is 25.1 Å². The van der Waals surface area contributed by atoms with E-state index in [0.29, 0.717) is 18.0 Å². The Bertz CT molecular complexity index is 754. The average molecular weight is 319 g/mol. The molecule has 1 N–H and O–H groups in total. The van der Waals surface area contributed by atoms with Crippen molar-refractivity contribution in [3.05, 3.63) is 53.6 Å². The molecule has 0 spiro atoms. The van der Waals surface area contributed by atoms with Gasteiger partial charge in [-0.05, 0) is 55.7 Å². The first-order valence-electron chi connectivity index (χ1n) is 7.26. The van der Waals surface area contributed by atoms with Gasteiger partial charge in [0.1, 0.15) is 5.75 Å². The lowest BCUT2D eigenvalue weighted by atomic mass is 10.1. The Morgan fingerprint density at radius 1 is 1.05 bits per heavy atom. The van der Waals surface area contributed by atoms with E-state index in [1.807, 2.05) is 32.9 Å². The van der Waals surface area contributed by atoms with Crippen LogP contribution in [0.2, 0.25) is 0 Å². The number of hydrogen-bond donors (Lipinski definition) is 1. The van der Waals surface area contributed by atoms with Crippen LogP contribution in [0.3, 0.4) is 0 Å². The Morgan fingerprint density at radius 2 is 1.77 bits per heavy atom. The van der Waals surface area contributed by atoms with Gasteiger partial charge in [0.25, 0.3) is 10.0 Å². The molecular weight excluding hydrogens is 298 g/mol. The Balaban J connectivity index is 2.30. The van der Waals surface area contributed by atoms with E-state index in [1.165, 1.54) is 0 Å². The van der Waals surface area contributed by atoms with Crippen molar-refractivity contribution in [2.24, 2.45) is 0 Å². The van der Waals surface area contributed by atoms with Crippen LogP contribution in [0.25, 0.3) is 0 Å². The third-order valence-corrected chi connectivity index (χ3v) is 4.74. The lowest BCUT2D eigenvalue weighted by molar-refractivity contribution is 0.319. The summed E-state index contributed by atoms with van der Waals surface area (Å²) < 4.78 is 33.2. The minimum Gasteiger partial charge on any atom is -0.491 e. The fraction of sp³-hybridized carbons (Fsp3) is 0.294. The van der Waals surface area contributed by atoms with E-state index >= 15 is 0 Å². The van der Waals surface area contributed by atoms with Crippen molar-refractivity contribution in [3.63, 3.8) is 0 Å². The highest BCUT2D eigenvalue weighted by Gasteiger charge is 2.17. The quantitative estimate of drug-likeness (QED) is 0.878. The summed E-state index contributed by atoms with van der Waals surface area (Å²) in [4.78, 5) is 0.251. The SMILES string of the molecule is CCCOc1ccccc1NS(=O)(=O)c1ccc(C)c(C)c1. The van der Waals surface area contributed by atoms with E-state index in [4.69, 9.17) is 4.74 Å². The van der Waals surface area contributed by atoms with Crippen LogP contribution in [0.5, 0.6) is 5.75 Å². The maximum absolute atomic E-state index is 12.5. The van der Waals surface area contributed by atoms with Crippen molar-refractivity contribution in [1.29, 1.82) is 0 Å². The van der Waals surface area contributed by atoms with Crippen LogP contribution in [0.1, 0.15) is 24.5 Å². The van der Waals surface area contributed by atoms with Gasteiger partial charge in [-0.25, -0.2) is 8.42 Å².